The summed E-state index contributed by atoms with van der Waals surface area (Å²) in [5.74, 6) is 1.98. The van der Waals surface area contributed by atoms with Crippen LogP contribution in [0.4, 0.5) is 0 Å². The molecule has 1 atom stereocenters. The molecule has 1 aliphatic rings. The molecule has 3 rings (SSSR count). The highest BCUT2D eigenvalue weighted by atomic mass is 127. The van der Waals surface area contributed by atoms with Gasteiger partial charge >= 0.3 is 0 Å². The Labute approximate surface area is 131 Å². The van der Waals surface area contributed by atoms with E-state index < -0.39 is 6.10 Å². The third kappa shape index (κ3) is 2.41. The van der Waals surface area contributed by atoms with Crippen molar-refractivity contribution >= 4 is 28.7 Å². The van der Waals surface area contributed by atoms with Gasteiger partial charge in [0.15, 0.2) is 0 Å². The van der Waals surface area contributed by atoms with Crippen LogP contribution in [0.3, 0.4) is 0 Å². The average molecular weight is 380 g/mol. The molecular weight excluding hydrogens is 367 g/mol. The number of para-hydroxylation sites is 1. The Morgan fingerprint density at radius 1 is 1.25 bits per heavy atom. The fourth-order valence-corrected chi connectivity index (χ4v) is 2.73. The number of halogens is 1. The fraction of sp³-hybridized carbons (Fsp3) is 0.125. The molecule has 0 saturated carbocycles. The lowest BCUT2D eigenvalue weighted by atomic mass is 10.1. The minimum atomic E-state index is -0.728. The van der Waals surface area contributed by atoms with Crippen molar-refractivity contribution in [2.45, 2.75) is 6.10 Å². The Hall–Kier alpha value is -1.53. The predicted molar refractivity (Wildman–Crippen MR) is 85.7 cm³/mol. The maximum atomic E-state index is 10.3. The Morgan fingerprint density at radius 2 is 2.05 bits per heavy atom. The lowest BCUT2D eigenvalue weighted by Crippen LogP contribution is -1.97. The smallest absolute Gasteiger partial charge is 0.140 e. The summed E-state index contributed by atoms with van der Waals surface area (Å²) < 4.78 is 12.2. The molecule has 2 aromatic carbocycles. The molecular formula is C16H13IO3. The van der Waals surface area contributed by atoms with Gasteiger partial charge in [-0.05, 0) is 52.9 Å². The number of hydrogen-bond acceptors (Lipinski definition) is 3. The topological polar surface area (TPSA) is 38.7 Å². The highest BCUT2D eigenvalue weighted by molar-refractivity contribution is 14.1. The number of fused-ring (bicyclic) bond motifs is 1. The van der Waals surface area contributed by atoms with Crippen molar-refractivity contribution in [3.63, 3.8) is 0 Å². The first-order valence-electron chi connectivity index (χ1n) is 6.19. The van der Waals surface area contributed by atoms with E-state index in [1.807, 2.05) is 48.5 Å². The molecule has 2 aromatic rings. The van der Waals surface area contributed by atoms with E-state index in [1.165, 1.54) is 0 Å². The van der Waals surface area contributed by atoms with Crippen molar-refractivity contribution in [3.8, 4) is 11.5 Å². The third-order valence-corrected chi connectivity index (χ3v) is 3.87. The van der Waals surface area contributed by atoms with Crippen LogP contribution < -0.4 is 9.47 Å². The van der Waals surface area contributed by atoms with Crippen LogP contribution >= 0.6 is 22.6 Å². The standard InChI is InChI=1S/C16H13IO3/c1-19-13-7-6-11(17)8-10(13)9-15-16(18)12-4-2-3-5-14(12)20-15/h2-9,16,18H,1H3. The van der Waals surface area contributed by atoms with Gasteiger partial charge in [-0.3, -0.25) is 0 Å². The Morgan fingerprint density at radius 3 is 2.80 bits per heavy atom. The van der Waals surface area contributed by atoms with E-state index in [-0.39, 0.29) is 0 Å². The minimum absolute atomic E-state index is 0.520. The summed E-state index contributed by atoms with van der Waals surface area (Å²) in [6, 6.07) is 13.4. The molecule has 1 N–H and O–H groups in total. The molecule has 0 amide bonds. The maximum absolute atomic E-state index is 10.3. The molecule has 0 radical (unpaired) electrons. The van der Waals surface area contributed by atoms with Crippen molar-refractivity contribution in [2.75, 3.05) is 7.11 Å². The number of hydrogen-bond donors (Lipinski definition) is 1. The molecule has 1 aliphatic heterocycles. The van der Waals surface area contributed by atoms with E-state index in [2.05, 4.69) is 22.6 Å². The summed E-state index contributed by atoms with van der Waals surface area (Å²) in [6.07, 6.45) is 1.10. The summed E-state index contributed by atoms with van der Waals surface area (Å²) in [5.41, 5.74) is 1.68. The maximum Gasteiger partial charge on any atom is 0.140 e. The second-order valence-electron chi connectivity index (χ2n) is 4.48. The summed E-state index contributed by atoms with van der Waals surface area (Å²) in [4.78, 5) is 0. The van der Waals surface area contributed by atoms with Crippen LogP contribution in [-0.2, 0) is 0 Å². The predicted octanol–water partition coefficient (Wildman–Crippen LogP) is 3.77. The minimum Gasteiger partial charge on any atom is -0.496 e. The van der Waals surface area contributed by atoms with Crippen LogP contribution in [0.25, 0.3) is 6.08 Å². The summed E-state index contributed by atoms with van der Waals surface area (Å²) in [7, 11) is 1.63. The van der Waals surface area contributed by atoms with Crippen molar-refractivity contribution in [2.24, 2.45) is 0 Å². The number of aliphatic hydroxyl groups is 1. The first kappa shape index (κ1) is 13.5. The molecule has 0 aliphatic carbocycles. The molecule has 4 heteroatoms. The zero-order valence-electron chi connectivity index (χ0n) is 10.8. The van der Waals surface area contributed by atoms with Gasteiger partial charge in [0.1, 0.15) is 23.4 Å². The zero-order chi connectivity index (χ0) is 14.1. The molecule has 20 heavy (non-hydrogen) atoms. The van der Waals surface area contributed by atoms with E-state index >= 15 is 0 Å². The molecule has 0 fully saturated rings. The van der Waals surface area contributed by atoms with Gasteiger partial charge in [-0.25, -0.2) is 0 Å². The van der Waals surface area contributed by atoms with Gasteiger partial charge in [-0.15, -0.1) is 0 Å². The molecule has 0 spiro atoms. The number of benzene rings is 2. The van der Waals surface area contributed by atoms with E-state index in [4.69, 9.17) is 9.47 Å². The molecule has 0 saturated heterocycles. The first-order valence-corrected chi connectivity index (χ1v) is 7.27. The zero-order valence-corrected chi connectivity index (χ0v) is 13.0. The van der Waals surface area contributed by atoms with E-state index in [0.29, 0.717) is 11.5 Å². The van der Waals surface area contributed by atoms with E-state index in [1.54, 1.807) is 7.11 Å². The Bertz CT molecular complexity index is 679. The van der Waals surface area contributed by atoms with Gasteiger partial charge in [0, 0.05) is 14.7 Å². The number of methoxy groups -OCH3 is 1. The van der Waals surface area contributed by atoms with Gasteiger partial charge in [0.2, 0.25) is 0 Å². The third-order valence-electron chi connectivity index (χ3n) is 3.20. The van der Waals surface area contributed by atoms with E-state index in [0.717, 1.165) is 20.4 Å². The van der Waals surface area contributed by atoms with Gasteiger partial charge in [-0.2, -0.15) is 0 Å². The van der Waals surface area contributed by atoms with Crippen LogP contribution in [0, 0.1) is 3.57 Å². The van der Waals surface area contributed by atoms with Gasteiger partial charge in [-0.1, -0.05) is 18.2 Å². The van der Waals surface area contributed by atoms with Crippen molar-refractivity contribution in [1.82, 2.24) is 0 Å². The number of ether oxygens (including phenoxy) is 2. The van der Waals surface area contributed by atoms with Crippen LogP contribution in [0.15, 0.2) is 48.2 Å². The Balaban J connectivity index is 2.01. The molecule has 0 bridgehead atoms. The fourth-order valence-electron chi connectivity index (χ4n) is 2.22. The summed E-state index contributed by atoms with van der Waals surface area (Å²) in [5, 5.41) is 10.3. The lowest BCUT2D eigenvalue weighted by molar-refractivity contribution is 0.193. The van der Waals surface area contributed by atoms with Crippen molar-refractivity contribution < 1.29 is 14.6 Å². The Kier molecular flexibility index (Phi) is 3.67. The lowest BCUT2D eigenvalue weighted by Gasteiger charge is -2.08. The number of aliphatic hydroxyl groups excluding tert-OH is 1. The van der Waals surface area contributed by atoms with Crippen LogP contribution in [0.5, 0.6) is 11.5 Å². The largest absolute Gasteiger partial charge is 0.496 e. The molecule has 1 heterocycles. The number of rotatable bonds is 2. The van der Waals surface area contributed by atoms with Crippen LogP contribution in [0.1, 0.15) is 17.2 Å². The van der Waals surface area contributed by atoms with Gasteiger partial charge in [0.05, 0.1) is 7.11 Å². The normalized spacial score (nSPS) is 18.8. The highest BCUT2D eigenvalue weighted by Crippen LogP contribution is 2.40. The molecule has 102 valence electrons. The second kappa shape index (κ2) is 5.46. The monoisotopic (exact) mass is 380 g/mol. The van der Waals surface area contributed by atoms with Crippen LogP contribution in [0.2, 0.25) is 0 Å². The van der Waals surface area contributed by atoms with Gasteiger partial charge < -0.3 is 14.6 Å². The summed E-state index contributed by atoms with van der Waals surface area (Å²) in [6.45, 7) is 0. The second-order valence-corrected chi connectivity index (χ2v) is 5.72. The van der Waals surface area contributed by atoms with Crippen molar-refractivity contribution in [3.05, 3.63) is 62.9 Å². The van der Waals surface area contributed by atoms with Crippen molar-refractivity contribution in [1.29, 1.82) is 0 Å². The summed E-state index contributed by atoms with van der Waals surface area (Å²) >= 11 is 2.24. The van der Waals surface area contributed by atoms with E-state index in [9.17, 15) is 5.11 Å². The molecule has 0 aromatic heterocycles. The van der Waals surface area contributed by atoms with Gasteiger partial charge in [0.25, 0.3) is 0 Å². The quantitative estimate of drug-likeness (QED) is 0.807. The van der Waals surface area contributed by atoms with Crippen LogP contribution in [-0.4, -0.2) is 12.2 Å². The molecule has 3 nitrogen and oxygen atoms in total. The average Bonchev–Trinajstić information content (AvgIpc) is 2.76. The highest BCUT2D eigenvalue weighted by Gasteiger charge is 2.27. The first-order chi connectivity index (χ1) is 9.69. The molecule has 1 unspecified atom stereocenters. The SMILES string of the molecule is COc1ccc(I)cc1C=C1Oc2ccccc2C1O.